The van der Waals surface area contributed by atoms with Crippen molar-refractivity contribution in [2.24, 2.45) is 0 Å². The number of hydrogen-bond acceptors (Lipinski definition) is 4. The van der Waals surface area contributed by atoms with E-state index >= 15 is 0 Å². The van der Waals surface area contributed by atoms with E-state index in [0.717, 1.165) is 5.56 Å². The second-order valence-electron chi connectivity index (χ2n) is 3.98. The fraction of sp³-hybridized carbons (Fsp3) is 0.0833. The van der Waals surface area contributed by atoms with Crippen LogP contribution in [0.15, 0.2) is 41.4 Å². The number of aryl methyl sites for hydroxylation is 1. The third kappa shape index (κ3) is 3.15. The fourth-order valence-corrected chi connectivity index (χ4v) is 2.82. The van der Waals surface area contributed by atoms with Crippen LogP contribution in [0.25, 0.3) is 0 Å². The van der Waals surface area contributed by atoms with Crippen molar-refractivity contribution in [2.45, 2.75) is 11.8 Å². The van der Waals surface area contributed by atoms with Crippen molar-refractivity contribution in [1.29, 1.82) is 0 Å². The molecule has 0 spiro atoms. The first-order valence-electron chi connectivity index (χ1n) is 5.39. The molecule has 2 rings (SSSR count). The Hall–Kier alpha value is -1.79. The molecule has 1 heterocycles. The molecule has 0 atom stereocenters. The highest BCUT2D eigenvalue weighted by atomic mass is 35.5. The number of aromatic nitrogens is 1. The standard InChI is InChI=1S/C12H12ClN3O2S/c1-8-2-3-9(13)6-11(8)16-19(17,18)10-4-5-15-12(14)7-10/h2-7,16H,1H3,(H2,14,15). The first-order valence-corrected chi connectivity index (χ1v) is 7.25. The van der Waals surface area contributed by atoms with Crippen LogP contribution in [-0.2, 0) is 10.0 Å². The molecule has 2 aromatic rings. The third-order valence-electron chi connectivity index (χ3n) is 2.51. The summed E-state index contributed by atoms with van der Waals surface area (Å²) in [5.41, 5.74) is 6.68. The Balaban J connectivity index is 2.39. The number of sulfonamides is 1. The number of nitrogens with two attached hydrogens (primary N) is 1. The van der Waals surface area contributed by atoms with Gasteiger partial charge in [-0.15, -0.1) is 0 Å². The number of hydrogen-bond donors (Lipinski definition) is 2. The van der Waals surface area contributed by atoms with Crippen molar-refractivity contribution in [3.05, 3.63) is 47.1 Å². The Morgan fingerprint density at radius 3 is 2.68 bits per heavy atom. The van der Waals surface area contributed by atoms with Crippen LogP contribution in [0.4, 0.5) is 11.5 Å². The molecule has 0 aliphatic rings. The highest BCUT2D eigenvalue weighted by molar-refractivity contribution is 7.92. The van der Waals surface area contributed by atoms with E-state index < -0.39 is 10.0 Å². The minimum absolute atomic E-state index is 0.0550. The van der Waals surface area contributed by atoms with Gasteiger partial charge in [-0.25, -0.2) is 13.4 Å². The number of rotatable bonds is 3. The summed E-state index contributed by atoms with van der Waals surface area (Å²) >= 11 is 5.85. The average Bonchev–Trinajstić information content (AvgIpc) is 2.33. The zero-order valence-corrected chi connectivity index (χ0v) is 11.7. The van der Waals surface area contributed by atoms with E-state index in [4.69, 9.17) is 17.3 Å². The SMILES string of the molecule is Cc1ccc(Cl)cc1NS(=O)(=O)c1ccnc(N)c1. The molecule has 19 heavy (non-hydrogen) atoms. The molecule has 0 bridgehead atoms. The van der Waals surface area contributed by atoms with Gasteiger partial charge >= 0.3 is 0 Å². The van der Waals surface area contributed by atoms with Gasteiger partial charge in [0.05, 0.1) is 10.6 Å². The summed E-state index contributed by atoms with van der Waals surface area (Å²) in [5.74, 6) is 0.144. The van der Waals surface area contributed by atoms with Gasteiger partial charge in [-0.1, -0.05) is 17.7 Å². The number of halogens is 1. The largest absolute Gasteiger partial charge is 0.384 e. The maximum absolute atomic E-state index is 12.2. The molecule has 3 N–H and O–H groups in total. The molecule has 1 aromatic carbocycles. The summed E-state index contributed by atoms with van der Waals surface area (Å²) in [7, 11) is -3.70. The van der Waals surface area contributed by atoms with Crippen LogP contribution in [-0.4, -0.2) is 13.4 Å². The van der Waals surface area contributed by atoms with Crippen LogP contribution in [0.1, 0.15) is 5.56 Å². The van der Waals surface area contributed by atoms with E-state index in [0.29, 0.717) is 10.7 Å². The maximum Gasteiger partial charge on any atom is 0.262 e. The van der Waals surface area contributed by atoms with Crippen molar-refractivity contribution >= 4 is 33.1 Å². The predicted molar refractivity (Wildman–Crippen MR) is 75.6 cm³/mol. The second-order valence-corrected chi connectivity index (χ2v) is 6.10. The van der Waals surface area contributed by atoms with Crippen molar-refractivity contribution < 1.29 is 8.42 Å². The first kappa shape index (κ1) is 13.6. The molecule has 1 aromatic heterocycles. The van der Waals surface area contributed by atoms with Crippen molar-refractivity contribution in [2.75, 3.05) is 10.5 Å². The molecule has 0 saturated heterocycles. The number of nitrogen functional groups attached to an aromatic ring is 1. The Morgan fingerprint density at radius 1 is 1.26 bits per heavy atom. The summed E-state index contributed by atoms with van der Waals surface area (Å²) in [6, 6.07) is 7.65. The van der Waals surface area contributed by atoms with E-state index in [1.54, 1.807) is 25.1 Å². The first-order chi connectivity index (χ1) is 8.88. The van der Waals surface area contributed by atoms with E-state index in [-0.39, 0.29) is 10.7 Å². The van der Waals surface area contributed by atoms with Gasteiger partial charge in [0.2, 0.25) is 0 Å². The third-order valence-corrected chi connectivity index (χ3v) is 4.11. The topological polar surface area (TPSA) is 85.1 Å². The Kier molecular flexibility index (Phi) is 3.64. The van der Waals surface area contributed by atoms with Gasteiger partial charge in [-0.05, 0) is 30.7 Å². The van der Waals surface area contributed by atoms with Gasteiger partial charge in [0.1, 0.15) is 5.82 Å². The smallest absolute Gasteiger partial charge is 0.262 e. The Labute approximate surface area is 116 Å². The number of nitrogens with zero attached hydrogens (tertiary/aromatic N) is 1. The fourth-order valence-electron chi connectivity index (χ4n) is 1.50. The molecule has 0 unspecified atom stereocenters. The molecule has 0 amide bonds. The summed E-state index contributed by atoms with van der Waals surface area (Å²) in [5, 5.41) is 0.456. The zero-order chi connectivity index (χ0) is 14.0. The lowest BCUT2D eigenvalue weighted by Gasteiger charge is -2.11. The molecule has 0 aliphatic heterocycles. The minimum atomic E-state index is -3.70. The van der Waals surface area contributed by atoms with E-state index in [2.05, 4.69) is 9.71 Å². The van der Waals surface area contributed by atoms with Crippen LogP contribution in [0.3, 0.4) is 0 Å². The molecule has 100 valence electrons. The molecule has 7 heteroatoms. The van der Waals surface area contributed by atoms with Crippen LogP contribution >= 0.6 is 11.6 Å². The van der Waals surface area contributed by atoms with Gasteiger partial charge < -0.3 is 5.73 Å². The van der Waals surface area contributed by atoms with Crippen molar-refractivity contribution in [1.82, 2.24) is 4.98 Å². The van der Waals surface area contributed by atoms with Gasteiger partial charge in [0.15, 0.2) is 0 Å². The summed E-state index contributed by atoms with van der Waals surface area (Å²) in [6.45, 7) is 1.79. The normalized spacial score (nSPS) is 11.3. The molecular weight excluding hydrogens is 286 g/mol. The molecular formula is C12H12ClN3O2S. The van der Waals surface area contributed by atoms with E-state index in [1.807, 2.05) is 0 Å². The van der Waals surface area contributed by atoms with Crippen LogP contribution in [0, 0.1) is 6.92 Å². The lowest BCUT2D eigenvalue weighted by atomic mass is 10.2. The average molecular weight is 298 g/mol. The highest BCUT2D eigenvalue weighted by Crippen LogP contribution is 2.23. The lowest BCUT2D eigenvalue weighted by Crippen LogP contribution is -2.14. The number of benzene rings is 1. The number of pyridine rings is 1. The Bertz CT molecular complexity index is 717. The lowest BCUT2D eigenvalue weighted by molar-refractivity contribution is 0.601. The summed E-state index contributed by atoms with van der Waals surface area (Å²) in [6.07, 6.45) is 1.34. The van der Waals surface area contributed by atoms with E-state index in [1.165, 1.54) is 18.3 Å². The monoisotopic (exact) mass is 297 g/mol. The molecule has 5 nitrogen and oxygen atoms in total. The summed E-state index contributed by atoms with van der Waals surface area (Å²) < 4.78 is 26.8. The summed E-state index contributed by atoms with van der Waals surface area (Å²) in [4.78, 5) is 3.81. The zero-order valence-electron chi connectivity index (χ0n) is 10.1. The molecule has 0 radical (unpaired) electrons. The highest BCUT2D eigenvalue weighted by Gasteiger charge is 2.15. The quantitative estimate of drug-likeness (QED) is 0.911. The van der Waals surface area contributed by atoms with Crippen LogP contribution in [0.2, 0.25) is 5.02 Å². The van der Waals surface area contributed by atoms with Crippen molar-refractivity contribution in [3.8, 4) is 0 Å². The second kappa shape index (κ2) is 5.07. The van der Waals surface area contributed by atoms with E-state index in [9.17, 15) is 8.42 Å². The molecule has 0 fully saturated rings. The van der Waals surface area contributed by atoms with Gasteiger partial charge in [0.25, 0.3) is 10.0 Å². The van der Waals surface area contributed by atoms with Gasteiger partial charge in [-0.3, -0.25) is 4.72 Å². The Morgan fingerprint density at radius 2 is 2.00 bits per heavy atom. The van der Waals surface area contributed by atoms with Crippen molar-refractivity contribution in [3.63, 3.8) is 0 Å². The van der Waals surface area contributed by atoms with Gasteiger partial charge in [-0.2, -0.15) is 0 Å². The van der Waals surface area contributed by atoms with Gasteiger partial charge in [0, 0.05) is 17.3 Å². The number of anilines is 2. The molecule has 0 saturated carbocycles. The minimum Gasteiger partial charge on any atom is -0.384 e. The van der Waals surface area contributed by atoms with Crippen LogP contribution in [0.5, 0.6) is 0 Å². The maximum atomic E-state index is 12.2. The number of nitrogens with one attached hydrogen (secondary N) is 1. The predicted octanol–water partition coefficient (Wildman–Crippen LogP) is 2.43. The molecule has 0 aliphatic carbocycles. The van der Waals surface area contributed by atoms with Crippen LogP contribution < -0.4 is 10.5 Å².